The lowest BCUT2D eigenvalue weighted by Crippen LogP contribution is -2.20. The number of nitrogens with one attached hydrogen (secondary N) is 2. The fourth-order valence-corrected chi connectivity index (χ4v) is 2.11. The van der Waals surface area contributed by atoms with Gasteiger partial charge in [-0.05, 0) is 24.3 Å². The molecule has 0 unspecified atom stereocenters. The molecule has 0 atom stereocenters. The van der Waals surface area contributed by atoms with Crippen LogP contribution in [0.2, 0.25) is 0 Å². The molecule has 2 amide bonds. The summed E-state index contributed by atoms with van der Waals surface area (Å²) < 4.78 is 37.9. The highest BCUT2D eigenvalue weighted by atomic mass is 19.4. The normalized spacial score (nSPS) is 11.0. The maximum Gasteiger partial charge on any atom is 0.416 e. The minimum atomic E-state index is -4.40. The van der Waals surface area contributed by atoms with Crippen LogP contribution in [-0.4, -0.2) is 21.0 Å². The highest BCUT2D eigenvalue weighted by molar-refractivity contribution is 5.99. The van der Waals surface area contributed by atoms with Gasteiger partial charge < -0.3 is 5.32 Å². The predicted molar refractivity (Wildman–Crippen MR) is 89.3 cm³/mol. The molecule has 2 heterocycles. The van der Waals surface area contributed by atoms with Crippen LogP contribution < -0.4 is 10.6 Å². The van der Waals surface area contributed by atoms with Crippen molar-refractivity contribution in [3.8, 4) is 11.3 Å². The monoisotopic (exact) mass is 359 g/mol. The van der Waals surface area contributed by atoms with Gasteiger partial charge in [0.25, 0.3) is 0 Å². The molecule has 0 radical (unpaired) electrons. The molecule has 1 aromatic carbocycles. The number of halogens is 3. The zero-order valence-corrected chi connectivity index (χ0v) is 13.2. The third-order valence-electron chi connectivity index (χ3n) is 3.30. The van der Waals surface area contributed by atoms with E-state index < -0.39 is 17.8 Å². The van der Waals surface area contributed by atoms with Crippen molar-refractivity contribution < 1.29 is 18.0 Å². The Morgan fingerprint density at radius 3 is 2.35 bits per heavy atom. The number of hydrogen-bond acceptors (Lipinski definition) is 4. The first kappa shape index (κ1) is 17.3. The second kappa shape index (κ2) is 7.18. The first-order valence-corrected chi connectivity index (χ1v) is 7.39. The molecule has 0 spiro atoms. The summed E-state index contributed by atoms with van der Waals surface area (Å²) in [6.07, 6.45) is 1.37. The summed E-state index contributed by atoms with van der Waals surface area (Å²) in [6.45, 7) is 0. The van der Waals surface area contributed by atoms with Crippen molar-refractivity contribution in [2.24, 2.45) is 0 Å². The molecule has 26 heavy (non-hydrogen) atoms. The molecule has 2 aromatic heterocycles. The maximum absolute atomic E-state index is 12.6. The molecule has 6 nitrogen and oxygen atoms in total. The number of benzene rings is 1. The Morgan fingerprint density at radius 2 is 1.69 bits per heavy atom. The summed E-state index contributed by atoms with van der Waals surface area (Å²) in [5.74, 6) is 0.156. The Kier molecular flexibility index (Phi) is 4.78. The fourth-order valence-electron chi connectivity index (χ4n) is 2.11. The number of amides is 2. The first-order chi connectivity index (χ1) is 12.4. The quantitative estimate of drug-likeness (QED) is 0.734. The zero-order valence-electron chi connectivity index (χ0n) is 13.2. The second-order valence-corrected chi connectivity index (χ2v) is 5.19. The molecule has 0 fully saturated rings. The molecule has 3 aromatic rings. The summed E-state index contributed by atoms with van der Waals surface area (Å²) in [5.41, 5.74) is 0.524. The lowest BCUT2D eigenvalue weighted by atomic mass is 10.1. The molecule has 0 saturated carbocycles. The van der Waals surface area contributed by atoms with Crippen LogP contribution >= 0.6 is 0 Å². The van der Waals surface area contributed by atoms with Crippen LogP contribution in [0.1, 0.15) is 5.56 Å². The molecule has 2 N–H and O–H groups in total. The van der Waals surface area contributed by atoms with Gasteiger partial charge in [-0.2, -0.15) is 13.2 Å². The molecular formula is C17H12F3N5O. The Hall–Kier alpha value is -3.49. The average Bonchev–Trinajstić information content (AvgIpc) is 2.62. The SMILES string of the molecule is O=C(Nc1cccnc1)Nc1cncc(-c2ccc(C(F)(F)F)cc2)n1. The topological polar surface area (TPSA) is 79.8 Å². The molecule has 0 saturated heterocycles. The maximum atomic E-state index is 12.6. The van der Waals surface area contributed by atoms with Crippen molar-refractivity contribution in [1.82, 2.24) is 15.0 Å². The molecular weight excluding hydrogens is 347 g/mol. The van der Waals surface area contributed by atoms with Crippen LogP contribution in [-0.2, 0) is 6.18 Å². The van der Waals surface area contributed by atoms with E-state index in [1.165, 1.54) is 30.7 Å². The number of carbonyl (C=O) groups excluding carboxylic acids is 1. The third-order valence-corrected chi connectivity index (χ3v) is 3.30. The molecule has 3 rings (SSSR count). The summed E-state index contributed by atoms with van der Waals surface area (Å²) in [5, 5.41) is 5.07. The van der Waals surface area contributed by atoms with Gasteiger partial charge >= 0.3 is 12.2 Å². The van der Waals surface area contributed by atoms with Crippen LogP contribution in [0.3, 0.4) is 0 Å². The largest absolute Gasteiger partial charge is 0.416 e. The molecule has 0 aliphatic carbocycles. The van der Waals surface area contributed by atoms with E-state index >= 15 is 0 Å². The average molecular weight is 359 g/mol. The van der Waals surface area contributed by atoms with E-state index in [1.807, 2.05) is 0 Å². The van der Waals surface area contributed by atoms with Gasteiger partial charge in [0.15, 0.2) is 5.82 Å². The van der Waals surface area contributed by atoms with Crippen LogP contribution in [0.5, 0.6) is 0 Å². The van der Waals surface area contributed by atoms with E-state index in [0.717, 1.165) is 12.1 Å². The van der Waals surface area contributed by atoms with Crippen molar-refractivity contribution in [3.63, 3.8) is 0 Å². The Balaban J connectivity index is 1.73. The molecule has 0 aliphatic rings. The zero-order chi connectivity index (χ0) is 18.6. The summed E-state index contributed by atoms with van der Waals surface area (Å²) in [6, 6.07) is 7.31. The highest BCUT2D eigenvalue weighted by Crippen LogP contribution is 2.30. The van der Waals surface area contributed by atoms with Gasteiger partial charge in [-0.3, -0.25) is 15.3 Å². The van der Waals surface area contributed by atoms with Crippen LogP contribution in [0, 0.1) is 0 Å². The number of anilines is 2. The summed E-state index contributed by atoms with van der Waals surface area (Å²) in [7, 11) is 0. The number of pyridine rings is 1. The third kappa shape index (κ3) is 4.32. The van der Waals surface area contributed by atoms with Crippen LogP contribution in [0.15, 0.2) is 61.2 Å². The van der Waals surface area contributed by atoms with E-state index in [0.29, 0.717) is 16.9 Å². The van der Waals surface area contributed by atoms with Crippen molar-refractivity contribution >= 4 is 17.5 Å². The number of urea groups is 1. The Labute approximate surface area is 146 Å². The van der Waals surface area contributed by atoms with Crippen LogP contribution in [0.4, 0.5) is 29.5 Å². The van der Waals surface area contributed by atoms with E-state index in [9.17, 15) is 18.0 Å². The van der Waals surface area contributed by atoms with Gasteiger partial charge in [0, 0.05) is 11.8 Å². The van der Waals surface area contributed by atoms with E-state index in [-0.39, 0.29) is 5.82 Å². The van der Waals surface area contributed by atoms with Gasteiger partial charge in [-0.15, -0.1) is 0 Å². The van der Waals surface area contributed by atoms with Gasteiger partial charge in [-0.25, -0.2) is 9.78 Å². The highest BCUT2D eigenvalue weighted by Gasteiger charge is 2.30. The number of aromatic nitrogens is 3. The van der Waals surface area contributed by atoms with E-state index in [2.05, 4.69) is 25.6 Å². The number of rotatable bonds is 3. The molecule has 9 heteroatoms. The molecule has 132 valence electrons. The van der Waals surface area contributed by atoms with Crippen molar-refractivity contribution in [2.45, 2.75) is 6.18 Å². The van der Waals surface area contributed by atoms with Gasteiger partial charge in [0.2, 0.25) is 0 Å². The number of carbonyl (C=O) groups is 1. The van der Waals surface area contributed by atoms with Crippen molar-refractivity contribution in [3.05, 3.63) is 66.7 Å². The van der Waals surface area contributed by atoms with Gasteiger partial charge in [0.1, 0.15) is 0 Å². The Bertz CT molecular complexity index is 898. The first-order valence-electron chi connectivity index (χ1n) is 7.39. The number of hydrogen-bond donors (Lipinski definition) is 2. The summed E-state index contributed by atoms with van der Waals surface area (Å²) in [4.78, 5) is 24.0. The lowest BCUT2D eigenvalue weighted by Gasteiger charge is -2.09. The predicted octanol–water partition coefficient (Wildman–Crippen LogP) is 4.20. The molecule has 0 bridgehead atoms. The number of alkyl halides is 3. The van der Waals surface area contributed by atoms with Crippen molar-refractivity contribution in [2.75, 3.05) is 10.6 Å². The van der Waals surface area contributed by atoms with E-state index in [4.69, 9.17) is 0 Å². The smallest absolute Gasteiger partial charge is 0.306 e. The van der Waals surface area contributed by atoms with Crippen LogP contribution in [0.25, 0.3) is 11.3 Å². The second-order valence-electron chi connectivity index (χ2n) is 5.19. The fraction of sp³-hybridized carbons (Fsp3) is 0.0588. The van der Waals surface area contributed by atoms with Crippen molar-refractivity contribution in [1.29, 1.82) is 0 Å². The van der Waals surface area contributed by atoms with Gasteiger partial charge in [-0.1, -0.05) is 12.1 Å². The lowest BCUT2D eigenvalue weighted by molar-refractivity contribution is -0.137. The molecule has 0 aliphatic heterocycles. The van der Waals surface area contributed by atoms with Gasteiger partial charge in [0.05, 0.1) is 35.5 Å². The summed E-state index contributed by atoms with van der Waals surface area (Å²) >= 11 is 0. The minimum absolute atomic E-state index is 0.156. The minimum Gasteiger partial charge on any atom is -0.306 e. The standard InChI is InChI=1S/C17H12F3N5O/c18-17(19,20)12-5-3-11(4-6-12)14-9-22-10-15(24-14)25-16(26)23-13-2-1-7-21-8-13/h1-10H,(H2,23,24,25,26). The Morgan fingerprint density at radius 1 is 0.923 bits per heavy atom. The number of nitrogens with zero attached hydrogens (tertiary/aromatic N) is 3. The van der Waals surface area contributed by atoms with E-state index in [1.54, 1.807) is 18.3 Å².